The average molecular weight is 288 g/mol. The summed E-state index contributed by atoms with van der Waals surface area (Å²) in [6.07, 6.45) is 5.25. The van der Waals surface area contributed by atoms with Crippen molar-refractivity contribution in [2.45, 2.75) is 52.5 Å². The molecule has 21 heavy (non-hydrogen) atoms. The fourth-order valence-corrected chi connectivity index (χ4v) is 3.48. The Morgan fingerprint density at radius 3 is 2.48 bits per heavy atom. The standard InChI is InChI=1S/C19H32N2/c1-15(20-13-19(2,3)14-21(4)5)17-11-10-16-8-6-7-9-18(16)12-17/h10-12,15,20H,6-9,13-14H2,1-5H3. The number of fused-ring (bicyclic) bond motifs is 1. The van der Waals surface area contributed by atoms with Crippen LogP contribution in [0.1, 0.15) is 56.3 Å². The molecule has 0 heterocycles. The highest BCUT2D eigenvalue weighted by molar-refractivity contribution is 5.35. The van der Waals surface area contributed by atoms with E-state index in [1.165, 1.54) is 31.2 Å². The molecular formula is C19H32N2. The van der Waals surface area contributed by atoms with Crippen LogP contribution in [0.2, 0.25) is 0 Å². The second kappa shape index (κ2) is 6.93. The number of hydrogen-bond donors (Lipinski definition) is 1. The SMILES string of the molecule is CC(NCC(C)(C)CN(C)C)c1ccc2c(c1)CCCC2. The average Bonchev–Trinajstić information content (AvgIpc) is 2.43. The lowest BCUT2D eigenvalue weighted by molar-refractivity contribution is 0.227. The molecule has 2 nitrogen and oxygen atoms in total. The Kier molecular flexibility index (Phi) is 5.45. The minimum atomic E-state index is 0.298. The van der Waals surface area contributed by atoms with E-state index in [1.807, 2.05) is 0 Å². The van der Waals surface area contributed by atoms with Gasteiger partial charge in [-0.1, -0.05) is 32.0 Å². The summed E-state index contributed by atoms with van der Waals surface area (Å²) in [5.74, 6) is 0. The first-order valence-corrected chi connectivity index (χ1v) is 8.37. The van der Waals surface area contributed by atoms with Crippen LogP contribution in [0.15, 0.2) is 18.2 Å². The predicted octanol–water partition coefficient (Wildman–Crippen LogP) is 3.80. The van der Waals surface area contributed by atoms with E-state index in [0.717, 1.165) is 13.1 Å². The topological polar surface area (TPSA) is 15.3 Å². The molecule has 0 saturated heterocycles. The number of aryl methyl sites for hydroxylation is 2. The van der Waals surface area contributed by atoms with Crippen molar-refractivity contribution in [3.63, 3.8) is 0 Å². The molecule has 0 amide bonds. The van der Waals surface area contributed by atoms with Gasteiger partial charge in [0.05, 0.1) is 0 Å². The molecule has 1 aromatic carbocycles. The number of nitrogens with one attached hydrogen (secondary N) is 1. The Balaban J connectivity index is 1.95. The zero-order valence-corrected chi connectivity index (χ0v) is 14.5. The molecule has 1 aliphatic rings. The molecule has 1 aromatic rings. The third kappa shape index (κ3) is 4.82. The second-order valence-corrected chi connectivity index (χ2v) is 7.74. The molecule has 1 N–H and O–H groups in total. The van der Waals surface area contributed by atoms with Crippen molar-refractivity contribution in [3.8, 4) is 0 Å². The zero-order chi connectivity index (χ0) is 15.5. The van der Waals surface area contributed by atoms with Crippen molar-refractivity contribution in [2.75, 3.05) is 27.2 Å². The van der Waals surface area contributed by atoms with Gasteiger partial charge in [0.15, 0.2) is 0 Å². The molecule has 2 rings (SSSR count). The quantitative estimate of drug-likeness (QED) is 0.856. The van der Waals surface area contributed by atoms with Gasteiger partial charge in [-0.3, -0.25) is 0 Å². The van der Waals surface area contributed by atoms with Crippen LogP contribution in [0.5, 0.6) is 0 Å². The molecule has 0 radical (unpaired) electrons. The van der Waals surface area contributed by atoms with Crippen LogP contribution in [0.3, 0.4) is 0 Å². The number of benzene rings is 1. The van der Waals surface area contributed by atoms with Gasteiger partial charge in [0.2, 0.25) is 0 Å². The third-order valence-electron chi connectivity index (χ3n) is 4.50. The smallest absolute Gasteiger partial charge is 0.0292 e. The van der Waals surface area contributed by atoms with Gasteiger partial charge in [0, 0.05) is 19.1 Å². The first kappa shape index (κ1) is 16.5. The summed E-state index contributed by atoms with van der Waals surface area (Å²) in [5.41, 5.74) is 4.90. The van der Waals surface area contributed by atoms with Crippen molar-refractivity contribution < 1.29 is 0 Å². The molecular weight excluding hydrogens is 256 g/mol. The van der Waals surface area contributed by atoms with Gasteiger partial charge in [-0.25, -0.2) is 0 Å². The van der Waals surface area contributed by atoms with Gasteiger partial charge in [0.25, 0.3) is 0 Å². The van der Waals surface area contributed by atoms with E-state index in [-0.39, 0.29) is 0 Å². The fraction of sp³-hybridized carbons (Fsp3) is 0.684. The van der Waals surface area contributed by atoms with Crippen LogP contribution in [0.4, 0.5) is 0 Å². The second-order valence-electron chi connectivity index (χ2n) is 7.74. The molecule has 0 aliphatic heterocycles. The third-order valence-corrected chi connectivity index (χ3v) is 4.50. The van der Waals surface area contributed by atoms with Crippen LogP contribution in [0.25, 0.3) is 0 Å². The molecule has 0 fully saturated rings. The lowest BCUT2D eigenvalue weighted by Crippen LogP contribution is -2.38. The molecule has 0 spiro atoms. The lowest BCUT2D eigenvalue weighted by Gasteiger charge is -2.30. The normalized spacial score (nSPS) is 16.9. The fourth-order valence-electron chi connectivity index (χ4n) is 3.48. The van der Waals surface area contributed by atoms with Crippen molar-refractivity contribution in [2.24, 2.45) is 5.41 Å². The van der Waals surface area contributed by atoms with Crippen molar-refractivity contribution in [1.82, 2.24) is 10.2 Å². The lowest BCUT2D eigenvalue weighted by atomic mass is 9.88. The van der Waals surface area contributed by atoms with Crippen molar-refractivity contribution in [1.29, 1.82) is 0 Å². The van der Waals surface area contributed by atoms with Crippen molar-refractivity contribution >= 4 is 0 Å². The Hall–Kier alpha value is -0.860. The summed E-state index contributed by atoms with van der Waals surface area (Å²) in [7, 11) is 4.29. The molecule has 1 unspecified atom stereocenters. The van der Waals surface area contributed by atoms with Gasteiger partial charge in [-0.15, -0.1) is 0 Å². The van der Waals surface area contributed by atoms with E-state index < -0.39 is 0 Å². The molecule has 1 atom stereocenters. The maximum absolute atomic E-state index is 3.72. The molecule has 0 bridgehead atoms. The number of nitrogens with zero attached hydrogens (tertiary/aromatic N) is 1. The minimum absolute atomic E-state index is 0.298. The molecule has 1 aliphatic carbocycles. The first-order valence-electron chi connectivity index (χ1n) is 8.37. The van der Waals surface area contributed by atoms with Crippen LogP contribution >= 0.6 is 0 Å². The molecule has 118 valence electrons. The maximum Gasteiger partial charge on any atom is 0.0292 e. The van der Waals surface area contributed by atoms with Crippen LogP contribution in [-0.4, -0.2) is 32.1 Å². The summed E-state index contributed by atoms with van der Waals surface area (Å²) < 4.78 is 0. The monoisotopic (exact) mass is 288 g/mol. The summed E-state index contributed by atoms with van der Waals surface area (Å²) in [5, 5.41) is 3.72. The highest BCUT2D eigenvalue weighted by Gasteiger charge is 2.20. The number of rotatable bonds is 6. The van der Waals surface area contributed by atoms with Gasteiger partial charge in [0.1, 0.15) is 0 Å². The van der Waals surface area contributed by atoms with Crippen LogP contribution in [0, 0.1) is 5.41 Å². The van der Waals surface area contributed by atoms with Gasteiger partial charge >= 0.3 is 0 Å². The summed E-state index contributed by atoms with van der Waals surface area (Å²) in [6, 6.07) is 7.54. The Bertz CT molecular complexity index is 463. The first-order chi connectivity index (χ1) is 9.87. The molecule has 0 saturated carbocycles. The Morgan fingerprint density at radius 1 is 1.14 bits per heavy atom. The Morgan fingerprint density at radius 2 is 1.81 bits per heavy atom. The van der Waals surface area contributed by atoms with Crippen molar-refractivity contribution in [3.05, 3.63) is 34.9 Å². The van der Waals surface area contributed by atoms with Gasteiger partial charge < -0.3 is 10.2 Å². The van der Waals surface area contributed by atoms with E-state index in [4.69, 9.17) is 0 Å². The summed E-state index contributed by atoms with van der Waals surface area (Å²) in [4.78, 5) is 2.27. The maximum atomic E-state index is 3.72. The molecule has 0 aromatic heterocycles. The predicted molar refractivity (Wildman–Crippen MR) is 91.8 cm³/mol. The molecule has 2 heteroatoms. The highest BCUT2D eigenvalue weighted by Crippen LogP contribution is 2.25. The minimum Gasteiger partial charge on any atom is -0.310 e. The van der Waals surface area contributed by atoms with E-state index in [1.54, 1.807) is 11.1 Å². The van der Waals surface area contributed by atoms with E-state index >= 15 is 0 Å². The van der Waals surface area contributed by atoms with Gasteiger partial charge in [-0.2, -0.15) is 0 Å². The summed E-state index contributed by atoms with van der Waals surface area (Å²) >= 11 is 0. The van der Waals surface area contributed by atoms with E-state index in [9.17, 15) is 0 Å². The highest BCUT2D eigenvalue weighted by atomic mass is 15.1. The van der Waals surface area contributed by atoms with E-state index in [2.05, 4.69) is 63.3 Å². The van der Waals surface area contributed by atoms with E-state index in [0.29, 0.717) is 11.5 Å². The summed E-state index contributed by atoms with van der Waals surface area (Å²) in [6.45, 7) is 9.11. The zero-order valence-electron chi connectivity index (χ0n) is 14.5. The number of hydrogen-bond acceptors (Lipinski definition) is 2. The van der Waals surface area contributed by atoms with Crippen LogP contribution in [-0.2, 0) is 12.8 Å². The Labute approximate surface area is 130 Å². The van der Waals surface area contributed by atoms with Gasteiger partial charge in [-0.05, 0) is 68.8 Å². The largest absolute Gasteiger partial charge is 0.310 e. The van der Waals surface area contributed by atoms with Crippen LogP contribution < -0.4 is 5.32 Å².